The number of ether oxygens (including phenoxy) is 7. The number of carbonyl (C=O) groups excluding carboxylic acids is 6. The Morgan fingerprint density at radius 1 is 0.526 bits per heavy atom. The molecule has 6 aliphatic rings. The monoisotopic (exact) mass is 1320 g/mol. The maximum absolute atomic E-state index is 13.6. The van der Waals surface area contributed by atoms with Crippen LogP contribution in [0.5, 0.6) is 23.0 Å². The minimum absolute atomic E-state index is 0.0264. The molecular weight excluding hydrogens is 1250 g/mol. The molecule has 0 aliphatic carbocycles. The summed E-state index contributed by atoms with van der Waals surface area (Å²) >= 11 is 0. The lowest BCUT2D eigenvalue weighted by molar-refractivity contribution is 0.0175. The van der Waals surface area contributed by atoms with Gasteiger partial charge >= 0.3 is 18.3 Å². The van der Waals surface area contributed by atoms with Gasteiger partial charge in [-0.15, -0.1) is 0 Å². The molecule has 6 aromatic rings. The quantitative estimate of drug-likeness (QED) is 0.0736. The number of amides is 6. The Balaban J connectivity index is 0.000000158. The molecule has 28 nitrogen and oxygen atoms in total. The van der Waals surface area contributed by atoms with Gasteiger partial charge in [0.25, 0.3) is 17.7 Å². The third-order valence-electron chi connectivity index (χ3n) is 17.0. The van der Waals surface area contributed by atoms with Crippen LogP contribution in [-0.2, 0) is 18.9 Å². The van der Waals surface area contributed by atoms with Gasteiger partial charge in [0, 0.05) is 86.7 Å². The number of anilines is 3. The Labute approximate surface area is 558 Å². The number of hydrogen-bond donors (Lipinski definition) is 3. The zero-order valence-electron chi connectivity index (χ0n) is 54.1. The number of fused-ring (bicyclic) bond motifs is 6. The molecule has 6 amide bonds. The SMILES string of the molecule is C=CCOC(=O)N1c2cc(C)c(OC)cc2C(=O)N2CC=C(c3cncnc3)C[C@H]2C1O.C=CCOC(=O)N1c2cc(C)c(OC)cc2C(=O)N2CCC(c3cncnc3)=C[C@H]2C1O.C=CCOC(=O)N1c2cc(O)c(OC)cc2C(=O)N2CC=C(c3cncnc3)C[C@H]2C1OC. The first-order valence-corrected chi connectivity index (χ1v) is 30.6. The van der Waals surface area contributed by atoms with Crippen LogP contribution < -0.4 is 28.9 Å². The zero-order chi connectivity index (χ0) is 69.2. The molecule has 504 valence electrons. The van der Waals surface area contributed by atoms with Gasteiger partial charge in [0.1, 0.15) is 50.3 Å². The molecule has 6 aliphatic heterocycles. The van der Waals surface area contributed by atoms with E-state index in [1.54, 1.807) is 96.1 Å². The van der Waals surface area contributed by atoms with Gasteiger partial charge in [0.15, 0.2) is 30.2 Å². The van der Waals surface area contributed by atoms with Gasteiger partial charge in [0.05, 0.1) is 73.2 Å². The molecule has 0 saturated carbocycles. The summed E-state index contributed by atoms with van der Waals surface area (Å²) in [5, 5.41) is 33.2. The topological polar surface area (TPSA) is 324 Å². The van der Waals surface area contributed by atoms with Crippen LogP contribution in [0.1, 0.15) is 78.2 Å². The highest BCUT2D eigenvalue weighted by molar-refractivity contribution is 6.08. The lowest BCUT2D eigenvalue weighted by Crippen LogP contribution is -2.55. The fourth-order valence-corrected chi connectivity index (χ4v) is 12.4. The second kappa shape index (κ2) is 30.4. The number of aromatic hydroxyl groups is 1. The second-order valence-corrected chi connectivity index (χ2v) is 22.6. The number of aliphatic hydroxyl groups is 2. The minimum atomic E-state index is -1.37. The average Bonchev–Trinajstić information content (AvgIpc) is 1.62. The smallest absolute Gasteiger partial charge is 0.416 e. The highest BCUT2D eigenvalue weighted by Crippen LogP contribution is 2.44. The minimum Gasteiger partial charge on any atom is -0.504 e. The standard InChI is InChI=1S/C23H24N4O6.2C23H24N4O5/c1-4-7-33-23(30)27-17-10-19(28)20(31-2)9-16(17)21(29)26-6-5-14(8-18(26)22(27)32-3)15-11-24-13-25-12-15;2*1-4-7-32-23(30)27-18-8-14(2)20(31-3)10-17(18)21(28)26-6-5-15(9-19(26)22(27)29)16-11-24-13-25-12-16/h4-5,9-13,18,22,28H,1,6-8H2,2-3H3;4,8-13,19,22,29H,1,5-7H2,2-3H3;4-5,8,10-13,19,22,29H,1,6-7,9H2,2-3H3/t18-,22?;2*19-,22?/m000/s1. The van der Waals surface area contributed by atoms with Crippen LogP contribution in [0.25, 0.3) is 16.7 Å². The van der Waals surface area contributed by atoms with Crippen molar-refractivity contribution in [2.45, 2.75) is 69.9 Å². The summed E-state index contributed by atoms with van der Waals surface area (Å²) in [6.45, 7) is 15.1. The summed E-state index contributed by atoms with van der Waals surface area (Å²) in [5.41, 5.74) is 7.94. The number of carbonyl (C=O) groups is 6. The summed E-state index contributed by atoms with van der Waals surface area (Å²) in [7, 11) is 5.87. The van der Waals surface area contributed by atoms with E-state index in [0.29, 0.717) is 48.4 Å². The van der Waals surface area contributed by atoms with Gasteiger partial charge in [-0.25, -0.2) is 59.0 Å². The van der Waals surface area contributed by atoms with Crippen LogP contribution in [0, 0.1) is 13.8 Å². The number of benzene rings is 3. The average molecular weight is 1330 g/mol. The molecule has 0 radical (unpaired) electrons. The number of aryl methyl sites for hydroxylation is 2. The van der Waals surface area contributed by atoms with Crippen molar-refractivity contribution in [1.82, 2.24) is 44.6 Å². The van der Waals surface area contributed by atoms with Crippen LogP contribution in [-0.4, -0.2) is 201 Å². The van der Waals surface area contributed by atoms with Gasteiger partial charge in [-0.2, -0.15) is 0 Å². The molecule has 28 heteroatoms. The third-order valence-corrected chi connectivity index (χ3v) is 17.0. The van der Waals surface area contributed by atoms with Crippen molar-refractivity contribution in [1.29, 1.82) is 0 Å². The Bertz CT molecular complexity index is 4070. The summed E-state index contributed by atoms with van der Waals surface area (Å²) in [6.07, 6.45) is 19.8. The zero-order valence-corrected chi connectivity index (χ0v) is 54.1. The Kier molecular flexibility index (Phi) is 21.4. The molecule has 0 fully saturated rings. The van der Waals surface area contributed by atoms with E-state index in [4.69, 9.17) is 33.2 Å². The summed E-state index contributed by atoms with van der Waals surface area (Å²) < 4.78 is 37.6. The Morgan fingerprint density at radius 2 is 0.918 bits per heavy atom. The number of phenolic OH excluding ortho intramolecular Hbond substituents is 1. The number of aromatic nitrogens is 6. The van der Waals surface area contributed by atoms with Crippen LogP contribution in [0.2, 0.25) is 0 Å². The van der Waals surface area contributed by atoms with E-state index in [0.717, 1.165) is 43.2 Å². The van der Waals surface area contributed by atoms with Crippen LogP contribution in [0.4, 0.5) is 31.4 Å². The maximum atomic E-state index is 13.6. The van der Waals surface area contributed by atoms with Gasteiger partial charge in [0.2, 0.25) is 0 Å². The fourth-order valence-electron chi connectivity index (χ4n) is 12.4. The molecule has 97 heavy (non-hydrogen) atoms. The first-order valence-electron chi connectivity index (χ1n) is 30.6. The lowest BCUT2D eigenvalue weighted by atomic mass is 9.94. The van der Waals surface area contributed by atoms with Gasteiger partial charge in [-0.05, 0) is 91.3 Å². The first kappa shape index (κ1) is 68.5. The van der Waals surface area contributed by atoms with Crippen molar-refractivity contribution < 1.29 is 77.2 Å². The molecule has 3 unspecified atom stereocenters. The first-order chi connectivity index (χ1) is 46.9. The van der Waals surface area contributed by atoms with Crippen LogP contribution in [0.15, 0.2) is 149 Å². The van der Waals surface area contributed by atoms with E-state index >= 15 is 0 Å². The normalized spacial score (nSPS) is 19.9. The summed E-state index contributed by atoms with van der Waals surface area (Å²) in [4.78, 5) is 112. The van der Waals surface area contributed by atoms with E-state index in [9.17, 15) is 44.1 Å². The molecule has 3 aromatic carbocycles. The van der Waals surface area contributed by atoms with Crippen molar-refractivity contribution in [2.24, 2.45) is 0 Å². The van der Waals surface area contributed by atoms with E-state index in [-0.39, 0.29) is 95.9 Å². The van der Waals surface area contributed by atoms with E-state index in [1.807, 2.05) is 12.2 Å². The Morgan fingerprint density at radius 3 is 1.36 bits per heavy atom. The molecule has 12 rings (SSSR count). The van der Waals surface area contributed by atoms with Gasteiger partial charge in [-0.1, -0.05) is 56.2 Å². The van der Waals surface area contributed by atoms with E-state index in [2.05, 4.69) is 49.6 Å². The van der Waals surface area contributed by atoms with Gasteiger partial charge in [-0.3, -0.25) is 14.4 Å². The molecule has 3 aromatic heterocycles. The van der Waals surface area contributed by atoms with Crippen molar-refractivity contribution in [2.75, 3.05) is 82.6 Å². The predicted octanol–water partition coefficient (Wildman–Crippen LogP) is 7.71. The number of phenols is 1. The number of rotatable bonds is 13. The number of hydrogen-bond acceptors (Lipinski definition) is 22. The van der Waals surface area contributed by atoms with Crippen molar-refractivity contribution in [3.63, 3.8) is 0 Å². The lowest BCUT2D eigenvalue weighted by Gasteiger charge is -2.40. The van der Waals surface area contributed by atoms with Crippen molar-refractivity contribution >= 4 is 69.8 Å². The number of methoxy groups -OCH3 is 4. The number of aliphatic hydroxyl groups excluding tert-OH is 2. The fraction of sp³-hybridized carbons (Fsp3) is 0.304. The van der Waals surface area contributed by atoms with Crippen molar-refractivity contribution in [3.8, 4) is 23.0 Å². The summed E-state index contributed by atoms with van der Waals surface area (Å²) in [6, 6.07) is 7.20. The van der Waals surface area contributed by atoms with Crippen LogP contribution in [0.3, 0.4) is 0 Å². The molecule has 0 bridgehead atoms. The molecule has 9 heterocycles. The largest absolute Gasteiger partial charge is 0.504 e. The summed E-state index contributed by atoms with van der Waals surface area (Å²) in [5.74, 6) is -0.0154. The molecule has 0 saturated heterocycles. The van der Waals surface area contributed by atoms with E-state index in [1.165, 1.54) is 82.7 Å². The number of nitrogens with zero attached hydrogens (tertiary/aromatic N) is 12. The van der Waals surface area contributed by atoms with Gasteiger partial charge < -0.3 is 63.2 Å². The maximum Gasteiger partial charge on any atom is 0.416 e. The predicted molar refractivity (Wildman–Crippen MR) is 353 cm³/mol. The molecular formula is C69H72N12O16. The molecule has 6 atom stereocenters. The van der Waals surface area contributed by atoms with Crippen molar-refractivity contribution in [3.05, 3.63) is 193 Å². The molecule has 3 N–H and O–H groups in total. The highest BCUT2D eigenvalue weighted by atomic mass is 16.6. The highest BCUT2D eigenvalue weighted by Gasteiger charge is 2.48. The Hall–Kier alpha value is -11.4. The second-order valence-electron chi connectivity index (χ2n) is 22.6. The van der Waals surface area contributed by atoms with Crippen LogP contribution >= 0.6 is 0 Å². The molecule has 0 spiro atoms. The van der Waals surface area contributed by atoms with E-state index < -0.39 is 55.1 Å². The third kappa shape index (κ3) is 13.9.